The second-order valence-corrected chi connectivity index (χ2v) is 21.0. The van der Waals surface area contributed by atoms with Crippen molar-refractivity contribution in [1.29, 1.82) is 0 Å². The van der Waals surface area contributed by atoms with Crippen LogP contribution in [0.2, 0.25) is 0 Å². The molecular formula is C79H53N. The summed E-state index contributed by atoms with van der Waals surface area (Å²) in [5, 5.41) is 7.50. The van der Waals surface area contributed by atoms with Gasteiger partial charge < -0.3 is 4.90 Å². The maximum atomic E-state index is 2.48. The van der Waals surface area contributed by atoms with Gasteiger partial charge in [0.1, 0.15) is 0 Å². The number of hydrogen-bond donors (Lipinski definition) is 0. The Morgan fingerprint density at radius 3 is 1.29 bits per heavy atom. The van der Waals surface area contributed by atoms with Crippen LogP contribution in [0.3, 0.4) is 0 Å². The van der Waals surface area contributed by atoms with Crippen LogP contribution in [0.15, 0.2) is 322 Å². The smallest absolute Gasteiger partial charge is 0.0714 e. The third-order valence-electron chi connectivity index (χ3n) is 16.8. The molecule has 14 aromatic rings. The van der Waals surface area contributed by atoms with Crippen LogP contribution in [0.1, 0.15) is 22.3 Å². The average Bonchev–Trinajstić information content (AvgIpc) is 4.11. The largest absolute Gasteiger partial charge is 0.310 e. The van der Waals surface area contributed by atoms with Gasteiger partial charge in [0, 0.05) is 16.9 Å². The van der Waals surface area contributed by atoms with E-state index < -0.39 is 5.41 Å². The van der Waals surface area contributed by atoms with Crippen molar-refractivity contribution in [3.05, 3.63) is 344 Å². The minimum Gasteiger partial charge on any atom is -0.310 e. The van der Waals surface area contributed by atoms with E-state index >= 15 is 0 Å². The van der Waals surface area contributed by atoms with E-state index in [0.717, 1.165) is 22.6 Å². The van der Waals surface area contributed by atoms with Crippen LogP contribution in [0.5, 0.6) is 0 Å². The van der Waals surface area contributed by atoms with Crippen molar-refractivity contribution < 1.29 is 0 Å². The van der Waals surface area contributed by atoms with Crippen LogP contribution in [0.4, 0.5) is 17.1 Å². The quantitative estimate of drug-likeness (QED) is 0.123. The molecule has 0 amide bonds. The number of anilines is 3. The number of nitrogens with zero attached hydrogens (tertiary/aromatic N) is 1. The van der Waals surface area contributed by atoms with Crippen LogP contribution in [0.25, 0.3) is 99.1 Å². The van der Waals surface area contributed by atoms with E-state index in [-0.39, 0.29) is 0 Å². The maximum absolute atomic E-state index is 2.48. The van der Waals surface area contributed by atoms with Crippen LogP contribution in [0, 0.1) is 0 Å². The molecule has 0 N–H and O–H groups in total. The zero-order valence-electron chi connectivity index (χ0n) is 44.0. The highest BCUT2D eigenvalue weighted by Gasteiger charge is 2.47. The molecule has 0 fully saturated rings. The van der Waals surface area contributed by atoms with Gasteiger partial charge in [-0.2, -0.15) is 0 Å². The molecule has 0 spiro atoms. The lowest BCUT2D eigenvalue weighted by Gasteiger charge is -2.34. The first-order valence-corrected chi connectivity index (χ1v) is 27.7. The predicted octanol–water partition coefficient (Wildman–Crippen LogP) is 21.3. The molecule has 0 unspecified atom stereocenters. The summed E-state index contributed by atoms with van der Waals surface area (Å²) in [6.45, 7) is 0. The molecule has 1 aliphatic carbocycles. The second-order valence-electron chi connectivity index (χ2n) is 21.0. The van der Waals surface area contributed by atoms with Gasteiger partial charge in [-0.15, -0.1) is 0 Å². The number of hydrogen-bond acceptors (Lipinski definition) is 1. The Bertz CT molecular complexity index is 4540. The summed E-state index contributed by atoms with van der Waals surface area (Å²) in [5.41, 5.74) is 22.3. The molecular weight excluding hydrogens is 963 g/mol. The molecule has 0 aliphatic heterocycles. The van der Waals surface area contributed by atoms with Crippen molar-refractivity contribution in [1.82, 2.24) is 0 Å². The highest BCUT2D eigenvalue weighted by Crippen LogP contribution is 2.59. The molecule has 0 atom stereocenters. The van der Waals surface area contributed by atoms with Crippen molar-refractivity contribution in [3.8, 4) is 66.8 Å². The SMILES string of the molecule is c1ccc(-c2c(-c3ccccc3)c3cc(-c4ccc(N(c5ccc(-c6ccc(-c7cccc8ccccc78)cc6)cc5)c5cccc6c5-c5ccccc5C6(c5ccccc5)c5ccccc5)cc4)ccc3c3ccccc23)cc1. The van der Waals surface area contributed by atoms with E-state index in [9.17, 15) is 0 Å². The summed E-state index contributed by atoms with van der Waals surface area (Å²) < 4.78 is 0. The second kappa shape index (κ2) is 19.6. The number of rotatable bonds is 10. The number of benzene rings is 14. The van der Waals surface area contributed by atoms with Gasteiger partial charge >= 0.3 is 0 Å². The molecule has 0 radical (unpaired) electrons. The summed E-state index contributed by atoms with van der Waals surface area (Å²) in [6, 6.07) is 119. The zero-order valence-corrected chi connectivity index (χ0v) is 44.0. The Hall–Kier alpha value is -10.3. The van der Waals surface area contributed by atoms with E-state index in [4.69, 9.17) is 0 Å². The van der Waals surface area contributed by atoms with Gasteiger partial charge in [0.25, 0.3) is 0 Å². The highest BCUT2D eigenvalue weighted by molar-refractivity contribution is 6.22. The fourth-order valence-electron chi connectivity index (χ4n) is 13.2. The molecule has 1 nitrogen and oxygen atoms in total. The molecule has 0 aromatic heterocycles. The minimum atomic E-state index is -0.539. The van der Waals surface area contributed by atoms with Gasteiger partial charge in [-0.25, -0.2) is 0 Å². The zero-order chi connectivity index (χ0) is 53.0. The third kappa shape index (κ3) is 7.70. The van der Waals surface area contributed by atoms with E-state index in [1.807, 2.05) is 0 Å². The van der Waals surface area contributed by atoms with E-state index in [1.165, 1.54) is 116 Å². The van der Waals surface area contributed by atoms with Crippen molar-refractivity contribution in [3.63, 3.8) is 0 Å². The topological polar surface area (TPSA) is 3.24 Å². The molecule has 0 saturated carbocycles. The van der Waals surface area contributed by atoms with Gasteiger partial charge in [-0.1, -0.05) is 285 Å². The normalized spacial score (nSPS) is 12.3. The van der Waals surface area contributed by atoms with Crippen LogP contribution < -0.4 is 4.90 Å². The molecule has 374 valence electrons. The Kier molecular flexibility index (Phi) is 11.5. The Morgan fingerprint density at radius 2 is 0.650 bits per heavy atom. The maximum Gasteiger partial charge on any atom is 0.0714 e. The van der Waals surface area contributed by atoms with Crippen molar-refractivity contribution in [2.45, 2.75) is 5.41 Å². The molecule has 1 aliphatic rings. The van der Waals surface area contributed by atoms with Crippen molar-refractivity contribution in [2.24, 2.45) is 0 Å². The molecule has 0 bridgehead atoms. The van der Waals surface area contributed by atoms with E-state index in [2.05, 4.69) is 326 Å². The Labute approximate surface area is 467 Å². The molecule has 1 heteroatoms. The Balaban J connectivity index is 0.892. The van der Waals surface area contributed by atoms with Crippen LogP contribution in [-0.4, -0.2) is 0 Å². The lowest BCUT2D eigenvalue weighted by Crippen LogP contribution is -2.28. The fraction of sp³-hybridized carbons (Fsp3) is 0.0127. The van der Waals surface area contributed by atoms with Gasteiger partial charge in [0.05, 0.1) is 11.1 Å². The molecule has 80 heavy (non-hydrogen) atoms. The first kappa shape index (κ1) is 46.9. The van der Waals surface area contributed by atoms with Gasteiger partial charge in [-0.3, -0.25) is 0 Å². The molecule has 14 aromatic carbocycles. The van der Waals surface area contributed by atoms with Gasteiger partial charge in [0.15, 0.2) is 0 Å². The van der Waals surface area contributed by atoms with E-state index in [0.29, 0.717) is 0 Å². The van der Waals surface area contributed by atoms with Crippen LogP contribution >= 0.6 is 0 Å². The summed E-state index contributed by atoms with van der Waals surface area (Å²) in [4.78, 5) is 2.48. The number of fused-ring (bicyclic) bond motifs is 7. The molecule has 0 saturated heterocycles. The fourth-order valence-corrected chi connectivity index (χ4v) is 13.2. The minimum absolute atomic E-state index is 0.539. The average molecular weight is 1020 g/mol. The van der Waals surface area contributed by atoms with Crippen LogP contribution in [-0.2, 0) is 5.41 Å². The lowest BCUT2D eigenvalue weighted by atomic mass is 9.68. The van der Waals surface area contributed by atoms with Gasteiger partial charge in [0.2, 0.25) is 0 Å². The summed E-state index contributed by atoms with van der Waals surface area (Å²) in [6.07, 6.45) is 0. The molecule has 0 heterocycles. The predicted molar refractivity (Wildman–Crippen MR) is 338 cm³/mol. The summed E-state index contributed by atoms with van der Waals surface area (Å²) in [7, 11) is 0. The third-order valence-corrected chi connectivity index (χ3v) is 16.8. The van der Waals surface area contributed by atoms with Crippen molar-refractivity contribution >= 4 is 49.4 Å². The summed E-state index contributed by atoms with van der Waals surface area (Å²) in [5.74, 6) is 0. The Morgan fingerprint density at radius 1 is 0.225 bits per heavy atom. The monoisotopic (exact) mass is 1020 g/mol. The molecule has 15 rings (SSSR count). The highest BCUT2D eigenvalue weighted by atomic mass is 15.1. The van der Waals surface area contributed by atoms with Crippen molar-refractivity contribution in [2.75, 3.05) is 4.90 Å². The van der Waals surface area contributed by atoms with Gasteiger partial charge in [-0.05, 0) is 152 Å². The standard InChI is InChI=1S/C79H53N/c1-5-22-59(23-6-1)76-70-33-16-15-32-68(70)69-52-47-61(53-72(69)77(76)60-24-7-2-8-25-60)56-45-50-65(51-46-56)80(64-48-43-55(44-49-64)54-39-41-58(42-40-54)67-35-19-26-57-21-13-14-31-66(57)67)75-38-20-37-74-78(75)71-34-17-18-36-73(71)79(74,62-27-9-3-10-28-62)63-29-11-4-12-30-63/h1-53H. The lowest BCUT2D eigenvalue weighted by molar-refractivity contribution is 0.768. The van der Waals surface area contributed by atoms with E-state index in [1.54, 1.807) is 0 Å². The first-order valence-electron chi connectivity index (χ1n) is 27.7. The summed E-state index contributed by atoms with van der Waals surface area (Å²) >= 11 is 0. The first-order chi connectivity index (χ1) is 39.7.